The largest absolute Gasteiger partial charge is 0.378 e. The Morgan fingerprint density at radius 1 is 1.14 bits per heavy atom. The van der Waals surface area contributed by atoms with E-state index in [1.165, 1.54) is 5.56 Å². The second-order valence-corrected chi connectivity index (χ2v) is 7.92. The molecular weight excluding hydrogens is 368 g/mol. The molecule has 0 spiro atoms. The van der Waals surface area contributed by atoms with Gasteiger partial charge in [-0.25, -0.2) is 4.68 Å². The number of morpholine rings is 1. The first kappa shape index (κ1) is 18.3. The monoisotopic (exact) mass is 394 g/mol. The minimum Gasteiger partial charge on any atom is -0.378 e. The van der Waals surface area contributed by atoms with E-state index in [0.29, 0.717) is 13.2 Å². The lowest BCUT2D eigenvalue weighted by Crippen LogP contribution is -2.41. The molecule has 0 amide bonds. The maximum Gasteiger partial charge on any atom is 0.269 e. The van der Waals surface area contributed by atoms with Gasteiger partial charge < -0.3 is 9.64 Å². The molecule has 0 unspecified atom stereocenters. The third kappa shape index (κ3) is 3.90. The third-order valence-corrected chi connectivity index (χ3v) is 5.93. The molecule has 1 aromatic carbocycles. The van der Waals surface area contributed by atoms with E-state index in [1.54, 1.807) is 10.7 Å². The first-order valence-corrected chi connectivity index (χ1v) is 10.3. The van der Waals surface area contributed by atoms with Crippen LogP contribution >= 0.6 is 0 Å². The van der Waals surface area contributed by atoms with Crippen molar-refractivity contribution < 1.29 is 4.74 Å². The summed E-state index contributed by atoms with van der Waals surface area (Å²) in [5.41, 5.74) is 3.20. The van der Waals surface area contributed by atoms with Crippen LogP contribution in [-0.2, 0) is 11.3 Å². The Kier molecular flexibility index (Phi) is 5.03. The van der Waals surface area contributed by atoms with Gasteiger partial charge in [-0.2, -0.15) is 10.2 Å². The third-order valence-electron chi connectivity index (χ3n) is 5.93. The smallest absolute Gasteiger partial charge is 0.269 e. The summed E-state index contributed by atoms with van der Waals surface area (Å²) in [4.78, 5) is 17.4. The molecular formula is C21H26N6O2. The molecule has 8 heteroatoms. The van der Waals surface area contributed by atoms with Gasteiger partial charge in [-0.1, -0.05) is 12.1 Å². The molecule has 2 aliphatic rings. The highest BCUT2D eigenvalue weighted by molar-refractivity contribution is 5.78. The Labute approximate surface area is 169 Å². The molecule has 5 rings (SSSR count). The molecule has 2 saturated heterocycles. The van der Waals surface area contributed by atoms with Gasteiger partial charge in [0.25, 0.3) is 5.56 Å². The quantitative estimate of drug-likeness (QED) is 0.727. The minimum atomic E-state index is -0.0141. The van der Waals surface area contributed by atoms with Crippen LogP contribution in [0.3, 0.4) is 0 Å². The molecule has 2 aliphatic heterocycles. The van der Waals surface area contributed by atoms with E-state index in [4.69, 9.17) is 4.74 Å². The Hall–Kier alpha value is -2.71. The number of H-pyrrole nitrogens is 1. The summed E-state index contributed by atoms with van der Waals surface area (Å²) in [6, 6.07) is 8.26. The van der Waals surface area contributed by atoms with E-state index in [-0.39, 0.29) is 11.6 Å². The van der Waals surface area contributed by atoms with Crippen molar-refractivity contribution in [2.75, 3.05) is 44.3 Å². The summed E-state index contributed by atoms with van der Waals surface area (Å²) >= 11 is 0. The molecule has 0 radical (unpaired) electrons. The van der Waals surface area contributed by atoms with Crippen molar-refractivity contribution in [3.05, 3.63) is 52.6 Å². The number of aromatic nitrogens is 4. The van der Waals surface area contributed by atoms with Crippen LogP contribution in [0.1, 0.15) is 24.4 Å². The summed E-state index contributed by atoms with van der Waals surface area (Å²) < 4.78 is 7.07. The highest BCUT2D eigenvalue weighted by Gasteiger charge is 2.23. The number of hydrogen-bond acceptors (Lipinski definition) is 6. The molecule has 29 heavy (non-hydrogen) atoms. The van der Waals surface area contributed by atoms with E-state index in [2.05, 4.69) is 43.3 Å². The van der Waals surface area contributed by atoms with Crippen molar-refractivity contribution in [3.63, 3.8) is 0 Å². The number of anilines is 1. The van der Waals surface area contributed by atoms with Gasteiger partial charge in [0.1, 0.15) is 0 Å². The van der Waals surface area contributed by atoms with Crippen molar-refractivity contribution >= 4 is 16.6 Å². The highest BCUT2D eigenvalue weighted by atomic mass is 16.5. The van der Waals surface area contributed by atoms with Crippen LogP contribution in [-0.4, -0.2) is 64.3 Å². The fraction of sp³-hybridized carbons (Fsp3) is 0.476. The number of benzene rings is 1. The van der Waals surface area contributed by atoms with Gasteiger partial charge in [0, 0.05) is 37.6 Å². The predicted molar refractivity (Wildman–Crippen MR) is 111 cm³/mol. The lowest BCUT2D eigenvalue weighted by atomic mass is 10.0. The van der Waals surface area contributed by atoms with Crippen molar-refractivity contribution in [3.8, 4) is 0 Å². The molecule has 2 fully saturated rings. The van der Waals surface area contributed by atoms with Gasteiger partial charge in [-0.05, 0) is 31.0 Å². The van der Waals surface area contributed by atoms with Crippen LogP contribution in [0.25, 0.3) is 10.9 Å². The summed E-state index contributed by atoms with van der Waals surface area (Å²) in [6.07, 6.45) is 5.72. The predicted octanol–water partition coefficient (Wildman–Crippen LogP) is 1.79. The number of nitrogens with zero attached hydrogens (tertiary/aromatic N) is 5. The lowest BCUT2D eigenvalue weighted by Gasteiger charge is -2.33. The molecule has 4 heterocycles. The van der Waals surface area contributed by atoms with Crippen molar-refractivity contribution in [1.82, 2.24) is 24.9 Å². The van der Waals surface area contributed by atoms with Crippen molar-refractivity contribution in [2.45, 2.75) is 25.4 Å². The molecule has 8 nitrogen and oxygen atoms in total. The zero-order valence-electron chi connectivity index (χ0n) is 16.5. The Morgan fingerprint density at radius 3 is 2.90 bits per heavy atom. The summed E-state index contributed by atoms with van der Waals surface area (Å²) in [7, 11) is 0. The lowest BCUT2D eigenvalue weighted by molar-refractivity contribution is 0.122. The van der Waals surface area contributed by atoms with Gasteiger partial charge in [0.15, 0.2) is 0 Å². The summed E-state index contributed by atoms with van der Waals surface area (Å²) in [5.74, 6) is 0. The van der Waals surface area contributed by atoms with E-state index >= 15 is 0 Å². The molecule has 3 aromatic rings. The molecule has 1 N–H and O–H groups in total. The van der Waals surface area contributed by atoms with Gasteiger partial charge >= 0.3 is 0 Å². The standard InChI is InChI=1S/C21H26N6O2/c28-21-11-19(26-6-8-29-9-7-26)13-23-27(21)18-2-1-5-25(15-18)14-16-3-4-17-12-22-24-20(17)10-16/h3-4,10-13,18H,1-2,5-9,14-15H2,(H,22,24)/t18-/m1/s1. The number of aromatic amines is 1. The van der Waals surface area contributed by atoms with Gasteiger partial charge in [-0.3, -0.25) is 14.8 Å². The number of likely N-dealkylation sites (tertiary alicyclic amines) is 1. The van der Waals surface area contributed by atoms with Crippen molar-refractivity contribution in [1.29, 1.82) is 0 Å². The van der Waals surface area contributed by atoms with E-state index < -0.39 is 0 Å². The fourth-order valence-electron chi connectivity index (χ4n) is 4.39. The normalized spacial score (nSPS) is 21.0. The van der Waals surface area contributed by atoms with Gasteiger partial charge in [0.2, 0.25) is 0 Å². The number of rotatable bonds is 4. The molecule has 0 bridgehead atoms. The molecule has 0 saturated carbocycles. The van der Waals surface area contributed by atoms with Crippen LogP contribution < -0.4 is 10.5 Å². The highest BCUT2D eigenvalue weighted by Crippen LogP contribution is 2.23. The Bertz CT molecular complexity index is 1040. The van der Waals surface area contributed by atoms with Gasteiger partial charge in [-0.15, -0.1) is 0 Å². The number of nitrogens with one attached hydrogen (secondary N) is 1. The minimum absolute atomic E-state index is 0.0141. The second-order valence-electron chi connectivity index (χ2n) is 7.92. The van der Waals surface area contributed by atoms with Crippen LogP contribution in [0.5, 0.6) is 0 Å². The van der Waals surface area contributed by atoms with Crippen molar-refractivity contribution in [2.24, 2.45) is 0 Å². The SMILES string of the molecule is O=c1cc(N2CCOCC2)cnn1[C@@H]1CCCN(Cc2ccc3cn[nH]c3c2)C1. The number of piperidine rings is 1. The van der Waals surface area contributed by atoms with Crippen LogP contribution in [0.4, 0.5) is 5.69 Å². The molecule has 152 valence electrons. The summed E-state index contributed by atoms with van der Waals surface area (Å²) in [5, 5.41) is 12.8. The van der Waals surface area contributed by atoms with E-state index in [1.807, 2.05) is 12.4 Å². The number of hydrogen-bond donors (Lipinski definition) is 1. The Morgan fingerprint density at radius 2 is 2.03 bits per heavy atom. The number of ether oxygens (including phenoxy) is 1. The zero-order valence-corrected chi connectivity index (χ0v) is 16.5. The Balaban J connectivity index is 1.29. The fourth-order valence-corrected chi connectivity index (χ4v) is 4.39. The zero-order chi connectivity index (χ0) is 19.6. The topological polar surface area (TPSA) is 79.3 Å². The first-order chi connectivity index (χ1) is 14.3. The van der Waals surface area contributed by atoms with E-state index in [0.717, 1.165) is 62.2 Å². The average Bonchev–Trinajstić information content (AvgIpc) is 3.22. The maximum absolute atomic E-state index is 12.8. The molecule has 0 aliphatic carbocycles. The van der Waals surface area contributed by atoms with Crippen LogP contribution in [0.2, 0.25) is 0 Å². The van der Waals surface area contributed by atoms with E-state index in [9.17, 15) is 4.79 Å². The maximum atomic E-state index is 12.8. The average molecular weight is 394 g/mol. The molecule has 2 aromatic heterocycles. The first-order valence-electron chi connectivity index (χ1n) is 10.3. The summed E-state index contributed by atoms with van der Waals surface area (Å²) in [6.45, 7) is 5.76. The molecule has 1 atom stereocenters. The van der Waals surface area contributed by atoms with Gasteiger partial charge in [0.05, 0.1) is 42.9 Å². The second kappa shape index (κ2) is 7.96. The van der Waals surface area contributed by atoms with Crippen LogP contribution in [0.15, 0.2) is 41.5 Å². The number of fused-ring (bicyclic) bond motifs is 1. The van der Waals surface area contributed by atoms with Crippen LogP contribution in [0, 0.1) is 0 Å².